The number of carbonyl (C=O) groups excluding carboxylic acids is 4. The Hall–Kier alpha value is -2.20. The first-order chi connectivity index (χ1) is 23.7. The first-order valence-electron chi connectivity index (χ1n) is 19.9. The summed E-state index contributed by atoms with van der Waals surface area (Å²) >= 11 is 0. The number of carbonyl (C=O) groups is 4. The fourth-order valence-corrected chi connectivity index (χ4v) is 5.38. The normalized spacial score (nSPS) is 12.4. The van der Waals surface area contributed by atoms with Gasteiger partial charge in [-0.05, 0) is 80.1 Å². The van der Waals surface area contributed by atoms with Crippen LogP contribution in [0.5, 0.6) is 0 Å². The van der Waals surface area contributed by atoms with Crippen LogP contribution in [0.25, 0.3) is 0 Å². The van der Waals surface area contributed by atoms with Gasteiger partial charge < -0.3 is 29.6 Å². The lowest BCUT2D eigenvalue weighted by Gasteiger charge is -2.24. The first kappa shape index (κ1) is 47.8. The van der Waals surface area contributed by atoms with Crippen molar-refractivity contribution in [1.82, 2.24) is 10.6 Å². The highest BCUT2D eigenvalue weighted by Gasteiger charge is 2.26. The van der Waals surface area contributed by atoms with E-state index in [2.05, 4.69) is 17.6 Å². The highest BCUT2D eigenvalue weighted by Crippen LogP contribution is 2.16. The maximum atomic E-state index is 12.8. The van der Waals surface area contributed by atoms with E-state index in [1.54, 1.807) is 0 Å². The van der Waals surface area contributed by atoms with Crippen LogP contribution in [0.2, 0.25) is 0 Å². The molecule has 0 aromatic heterocycles. The molecule has 2 amide bonds. The Balaban J connectivity index is 3.96. The van der Waals surface area contributed by atoms with Crippen molar-refractivity contribution in [1.29, 1.82) is 0 Å². The third kappa shape index (κ3) is 34.3. The summed E-state index contributed by atoms with van der Waals surface area (Å²) in [7, 11) is 0. The van der Waals surface area contributed by atoms with Crippen LogP contribution in [0.1, 0.15) is 183 Å². The van der Waals surface area contributed by atoms with Crippen molar-refractivity contribution < 1.29 is 38.1 Å². The van der Waals surface area contributed by atoms with Crippen LogP contribution in [0.15, 0.2) is 0 Å². The minimum atomic E-state index is -0.690. The van der Waals surface area contributed by atoms with Crippen molar-refractivity contribution in [3.05, 3.63) is 0 Å². The number of unbranched alkanes of at least 4 members (excludes halogenated alkanes) is 14. The highest BCUT2D eigenvalue weighted by atomic mass is 16.6. The molecule has 0 bridgehead atoms. The molecule has 2 N–H and O–H groups in total. The Kier molecular flexibility index (Phi) is 29.1. The standard InChI is InChI=1S/C40H76N2O8/c1-8-30-47-32-33-48-31-28-35(43)41-29-24-23-25-34(38(46)50-40(5,6)7)42-36(44)26-21-19-17-15-13-11-9-10-12-14-16-18-20-22-27-37(45)49-39(2,3)4/h34H,8-33H2,1-7H3,(H,41,43)(H,42,44)/t34-/m0/s1. The zero-order valence-electron chi connectivity index (χ0n) is 33.2. The largest absolute Gasteiger partial charge is 0.460 e. The topological polar surface area (TPSA) is 129 Å². The molecule has 0 aliphatic heterocycles. The maximum Gasteiger partial charge on any atom is 0.329 e. The summed E-state index contributed by atoms with van der Waals surface area (Å²) in [6.45, 7) is 15.8. The number of rotatable bonds is 32. The van der Waals surface area contributed by atoms with E-state index in [0.29, 0.717) is 71.5 Å². The Labute approximate surface area is 305 Å². The number of nitrogens with one attached hydrogen (secondary N) is 2. The molecule has 0 fully saturated rings. The number of hydrogen-bond donors (Lipinski definition) is 2. The van der Waals surface area contributed by atoms with Gasteiger partial charge in [0.2, 0.25) is 11.8 Å². The third-order valence-corrected chi connectivity index (χ3v) is 7.92. The number of esters is 2. The first-order valence-corrected chi connectivity index (χ1v) is 19.9. The third-order valence-electron chi connectivity index (χ3n) is 7.92. The van der Waals surface area contributed by atoms with Gasteiger partial charge in [0, 0.05) is 32.4 Å². The number of amides is 2. The molecule has 0 aromatic carbocycles. The molecule has 0 saturated heterocycles. The molecule has 0 aliphatic rings. The molecular weight excluding hydrogens is 636 g/mol. The van der Waals surface area contributed by atoms with E-state index in [-0.39, 0.29) is 17.8 Å². The summed E-state index contributed by atoms with van der Waals surface area (Å²) in [6.07, 6.45) is 20.3. The van der Waals surface area contributed by atoms with Crippen LogP contribution >= 0.6 is 0 Å². The average Bonchev–Trinajstić information content (AvgIpc) is 3.01. The molecule has 0 saturated carbocycles. The molecule has 294 valence electrons. The lowest BCUT2D eigenvalue weighted by Crippen LogP contribution is -2.44. The summed E-state index contributed by atoms with van der Waals surface area (Å²) in [5.41, 5.74) is -1.03. The van der Waals surface area contributed by atoms with Gasteiger partial charge in [-0.2, -0.15) is 0 Å². The summed E-state index contributed by atoms with van der Waals surface area (Å²) in [4.78, 5) is 49.3. The van der Waals surface area contributed by atoms with Gasteiger partial charge in [-0.25, -0.2) is 4.79 Å². The Morgan fingerprint density at radius 2 is 1.00 bits per heavy atom. The van der Waals surface area contributed by atoms with Crippen LogP contribution < -0.4 is 10.6 Å². The molecule has 0 aromatic rings. The second kappa shape index (κ2) is 30.4. The SMILES string of the molecule is CCCOCCOCCC(=O)NCCCC[C@H](NC(=O)CCCCCCCCCCCCCCCCC(=O)OC(C)(C)C)C(=O)OC(C)(C)C. The molecule has 0 aliphatic carbocycles. The van der Waals surface area contributed by atoms with Crippen molar-refractivity contribution in [2.75, 3.05) is 33.0 Å². The van der Waals surface area contributed by atoms with Gasteiger partial charge in [-0.1, -0.05) is 84.0 Å². The van der Waals surface area contributed by atoms with Gasteiger partial charge in [0.25, 0.3) is 0 Å². The van der Waals surface area contributed by atoms with E-state index in [0.717, 1.165) is 38.5 Å². The van der Waals surface area contributed by atoms with Crippen molar-refractivity contribution in [2.45, 2.75) is 201 Å². The minimum absolute atomic E-state index is 0.0656. The molecule has 10 nitrogen and oxygen atoms in total. The van der Waals surface area contributed by atoms with E-state index in [1.807, 2.05) is 41.5 Å². The van der Waals surface area contributed by atoms with Crippen molar-refractivity contribution in [3.8, 4) is 0 Å². The Morgan fingerprint density at radius 3 is 1.50 bits per heavy atom. The lowest BCUT2D eigenvalue weighted by molar-refractivity contribution is -0.159. The van der Waals surface area contributed by atoms with E-state index < -0.39 is 23.2 Å². The Morgan fingerprint density at radius 1 is 0.520 bits per heavy atom. The van der Waals surface area contributed by atoms with Gasteiger partial charge in [-0.3, -0.25) is 14.4 Å². The van der Waals surface area contributed by atoms with Crippen LogP contribution in [0.4, 0.5) is 0 Å². The monoisotopic (exact) mass is 713 g/mol. The molecule has 10 heteroatoms. The highest BCUT2D eigenvalue weighted by molar-refractivity contribution is 5.84. The van der Waals surface area contributed by atoms with E-state index in [1.165, 1.54) is 57.8 Å². The lowest BCUT2D eigenvalue weighted by atomic mass is 10.0. The average molecular weight is 713 g/mol. The van der Waals surface area contributed by atoms with Crippen molar-refractivity contribution in [3.63, 3.8) is 0 Å². The van der Waals surface area contributed by atoms with E-state index in [9.17, 15) is 19.2 Å². The summed E-state index contributed by atoms with van der Waals surface area (Å²) < 4.78 is 21.7. The van der Waals surface area contributed by atoms with Crippen LogP contribution in [-0.2, 0) is 38.1 Å². The van der Waals surface area contributed by atoms with Gasteiger partial charge >= 0.3 is 11.9 Å². The second-order valence-electron chi connectivity index (χ2n) is 15.5. The summed E-state index contributed by atoms with van der Waals surface area (Å²) in [6, 6.07) is -0.690. The maximum absolute atomic E-state index is 12.8. The second-order valence-corrected chi connectivity index (χ2v) is 15.5. The van der Waals surface area contributed by atoms with Gasteiger partial charge in [0.05, 0.1) is 19.8 Å². The molecular formula is C40H76N2O8. The smallest absolute Gasteiger partial charge is 0.329 e. The fraction of sp³-hybridized carbons (Fsp3) is 0.900. The van der Waals surface area contributed by atoms with Crippen molar-refractivity contribution in [2.24, 2.45) is 0 Å². The van der Waals surface area contributed by atoms with Crippen LogP contribution in [-0.4, -0.2) is 74.0 Å². The predicted octanol–water partition coefficient (Wildman–Crippen LogP) is 8.52. The van der Waals surface area contributed by atoms with Crippen LogP contribution in [0, 0.1) is 0 Å². The number of hydrogen-bond acceptors (Lipinski definition) is 8. The molecule has 0 rings (SSSR count). The van der Waals surface area contributed by atoms with E-state index >= 15 is 0 Å². The molecule has 0 radical (unpaired) electrons. The zero-order valence-corrected chi connectivity index (χ0v) is 33.2. The number of ether oxygens (including phenoxy) is 4. The molecule has 1 atom stereocenters. The predicted molar refractivity (Wildman–Crippen MR) is 201 cm³/mol. The summed E-state index contributed by atoms with van der Waals surface area (Å²) in [5.74, 6) is -0.677. The summed E-state index contributed by atoms with van der Waals surface area (Å²) in [5, 5.41) is 5.80. The quantitative estimate of drug-likeness (QED) is 0.0525. The van der Waals surface area contributed by atoms with Crippen molar-refractivity contribution >= 4 is 23.8 Å². The molecule has 0 spiro atoms. The fourth-order valence-electron chi connectivity index (χ4n) is 5.38. The zero-order chi connectivity index (χ0) is 37.5. The molecule has 0 heterocycles. The minimum Gasteiger partial charge on any atom is -0.460 e. The van der Waals surface area contributed by atoms with Gasteiger partial charge in [-0.15, -0.1) is 0 Å². The van der Waals surface area contributed by atoms with Gasteiger partial charge in [0.15, 0.2) is 0 Å². The van der Waals surface area contributed by atoms with Gasteiger partial charge in [0.1, 0.15) is 17.2 Å². The van der Waals surface area contributed by atoms with Crippen LogP contribution in [0.3, 0.4) is 0 Å². The van der Waals surface area contributed by atoms with E-state index in [4.69, 9.17) is 18.9 Å². The molecule has 50 heavy (non-hydrogen) atoms. The Bertz CT molecular complexity index is 882. The molecule has 0 unspecified atom stereocenters.